The summed E-state index contributed by atoms with van der Waals surface area (Å²) in [7, 11) is 0. The van der Waals surface area contributed by atoms with Crippen LogP contribution in [-0.2, 0) is 0 Å². The lowest BCUT2D eigenvalue weighted by atomic mass is 9.81. The lowest BCUT2D eigenvalue weighted by Gasteiger charge is -2.31. The van der Waals surface area contributed by atoms with Crippen molar-refractivity contribution in [2.75, 3.05) is 0 Å². The molecule has 4 rings (SSSR count). The molecule has 1 aliphatic carbocycles. The number of benzene rings is 2. The van der Waals surface area contributed by atoms with Crippen molar-refractivity contribution in [2.24, 2.45) is 5.92 Å². The Hall–Kier alpha value is -2.59. The molecule has 0 spiro atoms. The summed E-state index contributed by atoms with van der Waals surface area (Å²) in [5, 5.41) is 10.8. The number of halogens is 1. The number of nitrogens with zero attached hydrogens (tertiary/aromatic N) is 1. The molecule has 0 bridgehead atoms. The molecule has 1 aliphatic rings. The van der Waals surface area contributed by atoms with Crippen LogP contribution in [0.15, 0.2) is 54.7 Å². The number of nitrogens with one attached hydrogen (secondary N) is 2. The van der Waals surface area contributed by atoms with Gasteiger partial charge in [-0.15, -0.1) is 0 Å². The van der Waals surface area contributed by atoms with Crippen LogP contribution in [0.3, 0.4) is 0 Å². The van der Waals surface area contributed by atoms with Gasteiger partial charge in [-0.05, 0) is 49.4 Å². The third-order valence-corrected chi connectivity index (χ3v) is 6.18. The van der Waals surface area contributed by atoms with Gasteiger partial charge in [0.15, 0.2) is 0 Å². The fourth-order valence-electron chi connectivity index (χ4n) is 4.21. The van der Waals surface area contributed by atoms with E-state index in [1.807, 2.05) is 18.2 Å². The Morgan fingerprint density at radius 1 is 1.10 bits per heavy atom. The summed E-state index contributed by atoms with van der Waals surface area (Å²) < 4.78 is 0. The van der Waals surface area contributed by atoms with Gasteiger partial charge in [0.25, 0.3) is 5.91 Å². The van der Waals surface area contributed by atoms with Crippen molar-refractivity contribution in [3.63, 3.8) is 0 Å². The van der Waals surface area contributed by atoms with Crippen molar-refractivity contribution in [3.05, 3.63) is 76.4 Å². The number of carbonyl (C=O) groups excluding carboxylic acids is 1. The summed E-state index contributed by atoms with van der Waals surface area (Å²) in [6.07, 6.45) is 7.76. The molecule has 1 heterocycles. The first-order valence-electron chi connectivity index (χ1n) is 10.3. The molecule has 29 heavy (non-hydrogen) atoms. The molecule has 0 saturated heterocycles. The highest BCUT2D eigenvalue weighted by molar-refractivity contribution is 6.34. The van der Waals surface area contributed by atoms with Crippen molar-refractivity contribution < 1.29 is 4.79 Å². The number of hydrogen-bond donors (Lipinski definition) is 2. The van der Waals surface area contributed by atoms with Crippen LogP contribution in [0.2, 0.25) is 5.02 Å². The van der Waals surface area contributed by atoms with E-state index < -0.39 is 0 Å². The first-order chi connectivity index (χ1) is 14.1. The number of H-pyrrole nitrogens is 1. The maximum Gasteiger partial charge on any atom is 0.253 e. The van der Waals surface area contributed by atoms with E-state index in [0.29, 0.717) is 16.5 Å². The Balaban J connectivity index is 1.62. The molecule has 5 heteroatoms. The standard InChI is InChI=1S/C24H26ClN3O/c1-16-7-9-18(10-8-16)23(17-5-3-2-4-6-17)27-24(29)20-15-19(11-12-21(20)25)22-13-14-26-28-22/h7-15,17,23H,2-6H2,1H3,(H,26,28)(H,27,29). The van der Waals surface area contributed by atoms with Crippen molar-refractivity contribution in [2.45, 2.75) is 45.1 Å². The molecule has 4 nitrogen and oxygen atoms in total. The van der Waals surface area contributed by atoms with E-state index in [4.69, 9.17) is 11.6 Å². The highest BCUT2D eigenvalue weighted by Gasteiger charge is 2.27. The van der Waals surface area contributed by atoms with Gasteiger partial charge >= 0.3 is 0 Å². The van der Waals surface area contributed by atoms with Crippen LogP contribution in [-0.4, -0.2) is 16.1 Å². The average molecular weight is 408 g/mol. The van der Waals surface area contributed by atoms with E-state index in [1.165, 1.54) is 24.8 Å². The van der Waals surface area contributed by atoms with Crippen LogP contribution >= 0.6 is 11.6 Å². The summed E-state index contributed by atoms with van der Waals surface area (Å²) in [4.78, 5) is 13.3. The van der Waals surface area contributed by atoms with Crippen LogP contribution in [0, 0.1) is 12.8 Å². The van der Waals surface area contributed by atoms with Crippen molar-refractivity contribution in [3.8, 4) is 11.3 Å². The second kappa shape index (κ2) is 8.83. The monoisotopic (exact) mass is 407 g/mol. The predicted octanol–water partition coefficient (Wildman–Crippen LogP) is 6.09. The summed E-state index contributed by atoms with van der Waals surface area (Å²) >= 11 is 6.40. The zero-order chi connectivity index (χ0) is 20.2. The lowest BCUT2D eigenvalue weighted by molar-refractivity contribution is 0.0912. The molecule has 1 aromatic heterocycles. The minimum absolute atomic E-state index is 0.00601. The highest BCUT2D eigenvalue weighted by Crippen LogP contribution is 2.35. The average Bonchev–Trinajstić information content (AvgIpc) is 3.28. The molecular formula is C24H26ClN3O. The quantitative estimate of drug-likeness (QED) is 0.537. The topological polar surface area (TPSA) is 57.8 Å². The number of amides is 1. The van der Waals surface area contributed by atoms with Gasteiger partial charge in [0, 0.05) is 11.8 Å². The SMILES string of the molecule is Cc1ccc(C(NC(=O)c2cc(-c3cc[nH]n3)ccc2Cl)C2CCCCC2)cc1. The van der Waals surface area contributed by atoms with Gasteiger partial charge in [-0.1, -0.05) is 66.8 Å². The molecular weight excluding hydrogens is 382 g/mol. The van der Waals surface area contributed by atoms with Gasteiger partial charge in [0.2, 0.25) is 0 Å². The van der Waals surface area contributed by atoms with E-state index in [2.05, 4.69) is 46.7 Å². The van der Waals surface area contributed by atoms with Crippen LogP contribution in [0.4, 0.5) is 0 Å². The Bertz CT molecular complexity index is 960. The van der Waals surface area contributed by atoms with E-state index in [9.17, 15) is 4.79 Å². The minimum atomic E-state index is -0.136. The fraction of sp³-hybridized carbons (Fsp3) is 0.333. The predicted molar refractivity (Wildman–Crippen MR) is 117 cm³/mol. The van der Waals surface area contributed by atoms with Gasteiger partial charge in [0.05, 0.1) is 22.3 Å². The number of rotatable bonds is 5. The fourth-order valence-corrected chi connectivity index (χ4v) is 4.42. The third kappa shape index (κ3) is 4.54. The summed E-state index contributed by atoms with van der Waals surface area (Å²) in [6, 6.07) is 15.8. The zero-order valence-electron chi connectivity index (χ0n) is 16.6. The van der Waals surface area contributed by atoms with Crippen LogP contribution in [0.25, 0.3) is 11.3 Å². The molecule has 1 unspecified atom stereocenters. The number of carbonyl (C=O) groups is 1. The molecule has 1 saturated carbocycles. The summed E-state index contributed by atoms with van der Waals surface area (Å²) in [6.45, 7) is 2.08. The maximum absolute atomic E-state index is 13.3. The van der Waals surface area contributed by atoms with Gasteiger partial charge in [-0.2, -0.15) is 5.10 Å². The van der Waals surface area contributed by atoms with E-state index in [0.717, 1.165) is 29.7 Å². The smallest absolute Gasteiger partial charge is 0.253 e. The highest BCUT2D eigenvalue weighted by atomic mass is 35.5. The second-order valence-corrected chi connectivity index (χ2v) is 8.32. The van der Waals surface area contributed by atoms with Crippen molar-refractivity contribution in [1.82, 2.24) is 15.5 Å². The number of aromatic nitrogens is 2. The first-order valence-corrected chi connectivity index (χ1v) is 10.7. The lowest BCUT2D eigenvalue weighted by Crippen LogP contribution is -2.34. The van der Waals surface area contributed by atoms with E-state index >= 15 is 0 Å². The normalized spacial score (nSPS) is 15.8. The molecule has 150 valence electrons. The third-order valence-electron chi connectivity index (χ3n) is 5.85. The van der Waals surface area contributed by atoms with Crippen molar-refractivity contribution >= 4 is 17.5 Å². The Kier molecular flexibility index (Phi) is 6.00. The molecule has 1 amide bonds. The number of aromatic amines is 1. The molecule has 1 fully saturated rings. The van der Waals surface area contributed by atoms with E-state index in [1.54, 1.807) is 12.3 Å². The van der Waals surface area contributed by atoms with Gasteiger partial charge in [-0.25, -0.2) is 0 Å². The Labute approximate surface area is 176 Å². The largest absolute Gasteiger partial charge is 0.345 e. The maximum atomic E-state index is 13.3. The summed E-state index contributed by atoms with van der Waals surface area (Å²) in [5.41, 5.74) is 4.52. The number of hydrogen-bond acceptors (Lipinski definition) is 2. The molecule has 0 aliphatic heterocycles. The molecule has 3 aromatic rings. The first kappa shape index (κ1) is 19.7. The van der Waals surface area contributed by atoms with Gasteiger partial charge in [-0.3, -0.25) is 9.89 Å². The van der Waals surface area contributed by atoms with E-state index in [-0.39, 0.29) is 11.9 Å². The minimum Gasteiger partial charge on any atom is -0.345 e. The Morgan fingerprint density at radius 2 is 1.86 bits per heavy atom. The zero-order valence-corrected chi connectivity index (χ0v) is 17.4. The molecule has 1 atom stereocenters. The van der Waals surface area contributed by atoms with Crippen LogP contribution in [0.5, 0.6) is 0 Å². The summed E-state index contributed by atoms with van der Waals surface area (Å²) in [5.74, 6) is 0.312. The van der Waals surface area contributed by atoms with Crippen LogP contribution in [0.1, 0.15) is 59.6 Å². The molecule has 2 N–H and O–H groups in total. The van der Waals surface area contributed by atoms with Crippen molar-refractivity contribution in [1.29, 1.82) is 0 Å². The molecule has 2 aromatic carbocycles. The van der Waals surface area contributed by atoms with Gasteiger partial charge in [0.1, 0.15) is 0 Å². The van der Waals surface area contributed by atoms with Crippen LogP contribution < -0.4 is 5.32 Å². The Morgan fingerprint density at radius 3 is 2.55 bits per heavy atom. The van der Waals surface area contributed by atoms with Gasteiger partial charge < -0.3 is 5.32 Å². The second-order valence-electron chi connectivity index (χ2n) is 7.91. The molecule has 0 radical (unpaired) electrons. The number of aryl methyl sites for hydroxylation is 1.